The Labute approximate surface area is 185 Å². The zero-order valence-electron chi connectivity index (χ0n) is 17.3. The molecule has 1 fully saturated rings. The highest BCUT2D eigenvalue weighted by atomic mass is 35.5. The van der Waals surface area contributed by atoms with Gasteiger partial charge in [-0.3, -0.25) is 9.59 Å². The van der Waals surface area contributed by atoms with E-state index in [9.17, 15) is 9.59 Å². The van der Waals surface area contributed by atoms with Crippen molar-refractivity contribution < 1.29 is 14.3 Å². The first-order chi connectivity index (χ1) is 14.3. The van der Waals surface area contributed by atoms with Gasteiger partial charge >= 0.3 is 0 Å². The Balaban J connectivity index is 1.86. The summed E-state index contributed by atoms with van der Waals surface area (Å²) in [7, 11) is 0. The number of hydrogen-bond donors (Lipinski definition) is 1. The van der Waals surface area contributed by atoms with E-state index in [1.807, 2.05) is 26.0 Å². The number of carbonyl (C=O) groups excluding carboxylic acids is 2. The molecule has 1 aliphatic heterocycles. The largest absolute Gasteiger partial charge is 0.494 e. The number of nitrogens with one attached hydrogen (secondary N) is 1. The fourth-order valence-electron chi connectivity index (χ4n) is 2.97. The van der Waals surface area contributed by atoms with Crippen LogP contribution in [0.25, 0.3) is 6.08 Å². The highest BCUT2D eigenvalue weighted by Gasteiger charge is 2.25. The number of aryl methyl sites for hydroxylation is 1. The molecule has 0 saturated carbocycles. The van der Waals surface area contributed by atoms with Crippen LogP contribution < -0.4 is 10.1 Å². The molecule has 0 unspecified atom stereocenters. The van der Waals surface area contributed by atoms with Crippen molar-refractivity contribution in [1.29, 1.82) is 0 Å². The van der Waals surface area contributed by atoms with Crippen molar-refractivity contribution >= 4 is 46.4 Å². The van der Waals surface area contributed by atoms with E-state index in [2.05, 4.69) is 30.2 Å². The van der Waals surface area contributed by atoms with E-state index in [0.29, 0.717) is 22.1 Å². The Hall–Kier alpha value is -2.57. The van der Waals surface area contributed by atoms with Crippen LogP contribution in [-0.2, 0) is 4.79 Å². The van der Waals surface area contributed by atoms with Crippen molar-refractivity contribution in [3.8, 4) is 5.75 Å². The molecule has 1 saturated heterocycles. The van der Waals surface area contributed by atoms with Crippen LogP contribution in [0.1, 0.15) is 53.7 Å². The van der Waals surface area contributed by atoms with Crippen molar-refractivity contribution in [3.63, 3.8) is 0 Å². The van der Waals surface area contributed by atoms with Crippen LogP contribution in [0, 0.1) is 6.92 Å². The number of thioether (sulfide) groups is 1. The quantitative estimate of drug-likeness (QED) is 0.614. The molecule has 2 aromatic rings. The van der Waals surface area contributed by atoms with Gasteiger partial charge in [0.15, 0.2) is 5.17 Å². The molecule has 3 rings (SSSR count). The van der Waals surface area contributed by atoms with Gasteiger partial charge in [0.25, 0.3) is 11.8 Å². The summed E-state index contributed by atoms with van der Waals surface area (Å²) in [5.74, 6) is 0.437. The number of ether oxygens (including phenoxy) is 1. The third-order valence-electron chi connectivity index (χ3n) is 4.55. The second-order valence-electron chi connectivity index (χ2n) is 7.13. The highest BCUT2D eigenvalue weighted by molar-refractivity contribution is 8.18. The van der Waals surface area contributed by atoms with Gasteiger partial charge in [-0.15, -0.1) is 0 Å². The maximum absolute atomic E-state index is 12.4. The average molecular weight is 443 g/mol. The van der Waals surface area contributed by atoms with Gasteiger partial charge in [-0.1, -0.05) is 25.4 Å². The van der Waals surface area contributed by atoms with E-state index in [1.165, 1.54) is 0 Å². The third kappa shape index (κ3) is 5.12. The van der Waals surface area contributed by atoms with E-state index < -0.39 is 5.91 Å². The normalized spacial score (nSPS) is 16.4. The summed E-state index contributed by atoms with van der Waals surface area (Å²) >= 11 is 7.00. The Bertz CT molecular complexity index is 1040. The molecule has 1 N–H and O–H groups in total. The molecule has 1 heterocycles. The molecule has 2 amide bonds. The third-order valence-corrected chi connectivity index (χ3v) is 5.71. The molecule has 0 aromatic heterocycles. The van der Waals surface area contributed by atoms with Gasteiger partial charge in [0.1, 0.15) is 5.75 Å². The van der Waals surface area contributed by atoms with Gasteiger partial charge < -0.3 is 10.1 Å². The standard InChI is InChI=1S/C23H23ClN2O3S/c1-5-29-19-10-14(4)16(11-18(19)13(2)3)12-20-22(28)26-23(30-20)25-21(27)15-6-8-17(24)9-7-15/h6-13H,5H2,1-4H3,(H,25,26,27,28)/b20-12-. The zero-order valence-corrected chi connectivity index (χ0v) is 18.9. The molecule has 5 nitrogen and oxygen atoms in total. The summed E-state index contributed by atoms with van der Waals surface area (Å²) in [5, 5.41) is 3.46. The van der Waals surface area contributed by atoms with Crippen molar-refractivity contribution in [2.45, 2.75) is 33.6 Å². The fourth-order valence-corrected chi connectivity index (χ4v) is 3.91. The molecular weight excluding hydrogens is 420 g/mol. The lowest BCUT2D eigenvalue weighted by Gasteiger charge is -2.16. The number of halogens is 1. The molecular formula is C23H23ClN2O3S. The number of benzene rings is 2. The Morgan fingerprint density at radius 2 is 1.97 bits per heavy atom. The summed E-state index contributed by atoms with van der Waals surface area (Å²) in [4.78, 5) is 29.3. The highest BCUT2D eigenvalue weighted by Crippen LogP contribution is 2.33. The van der Waals surface area contributed by atoms with Gasteiger partial charge in [-0.05, 0) is 90.7 Å². The number of nitrogens with zero attached hydrogens (tertiary/aromatic N) is 1. The van der Waals surface area contributed by atoms with Gasteiger partial charge in [0, 0.05) is 10.6 Å². The van der Waals surface area contributed by atoms with Crippen molar-refractivity contribution in [2.75, 3.05) is 6.61 Å². The predicted molar refractivity (Wildman–Crippen MR) is 123 cm³/mol. The van der Waals surface area contributed by atoms with Gasteiger partial charge in [-0.2, -0.15) is 4.99 Å². The Morgan fingerprint density at radius 1 is 1.27 bits per heavy atom. The van der Waals surface area contributed by atoms with E-state index in [1.54, 1.807) is 24.3 Å². The van der Waals surface area contributed by atoms with Crippen LogP contribution in [-0.4, -0.2) is 23.6 Å². The molecule has 0 radical (unpaired) electrons. The minimum absolute atomic E-state index is 0.263. The van der Waals surface area contributed by atoms with E-state index >= 15 is 0 Å². The van der Waals surface area contributed by atoms with E-state index in [-0.39, 0.29) is 17.0 Å². The van der Waals surface area contributed by atoms with E-state index in [0.717, 1.165) is 34.2 Å². The summed E-state index contributed by atoms with van der Waals surface area (Å²) in [6.45, 7) is 8.75. The SMILES string of the molecule is CCOc1cc(C)c(/C=C2\SC(=NC(=O)c3ccc(Cl)cc3)NC2=O)cc1C(C)C. The first kappa shape index (κ1) is 22.1. The molecule has 7 heteroatoms. The van der Waals surface area contributed by atoms with Crippen LogP contribution in [0.2, 0.25) is 5.02 Å². The van der Waals surface area contributed by atoms with Gasteiger partial charge in [0.2, 0.25) is 0 Å². The maximum Gasteiger partial charge on any atom is 0.279 e. The summed E-state index contributed by atoms with van der Waals surface area (Å²) in [6, 6.07) is 10.5. The van der Waals surface area contributed by atoms with Crippen LogP contribution in [0.4, 0.5) is 0 Å². The van der Waals surface area contributed by atoms with Gasteiger partial charge in [-0.25, -0.2) is 0 Å². The van der Waals surface area contributed by atoms with Crippen LogP contribution in [0.15, 0.2) is 46.3 Å². The molecule has 0 bridgehead atoms. The van der Waals surface area contributed by atoms with E-state index in [4.69, 9.17) is 16.3 Å². The van der Waals surface area contributed by atoms with Crippen LogP contribution in [0.5, 0.6) is 5.75 Å². The number of amides is 2. The number of hydrogen-bond acceptors (Lipinski definition) is 4. The van der Waals surface area contributed by atoms with Crippen molar-refractivity contribution in [3.05, 3.63) is 68.6 Å². The molecule has 1 aliphatic rings. The van der Waals surface area contributed by atoms with Crippen molar-refractivity contribution in [2.24, 2.45) is 4.99 Å². The molecule has 156 valence electrons. The summed E-state index contributed by atoms with van der Waals surface area (Å²) < 4.78 is 5.77. The molecule has 0 atom stereocenters. The lowest BCUT2D eigenvalue weighted by molar-refractivity contribution is -0.115. The first-order valence-electron chi connectivity index (χ1n) is 9.65. The molecule has 30 heavy (non-hydrogen) atoms. The van der Waals surface area contributed by atoms with Crippen molar-refractivity contribution in [1.82, 2.24) is 5.32 Å². The van der Waals surface area contributed by atoms with Crippen LogP contribution >= 0.6 is 23.4 Å². The van der Waals surface area contributed by atoms with Gasteiger partial charge in [0.05, 0.1) is 11.5 Å². The molecule has 2 aromatic carbocycles. The Kier molecular flexibility index (Phi) is 7.00. The fraction of sp³-hybridized carbons (Fsp3) is 0.261. The smallest absolute Gasteiger partial charge is 0.279 e. The minimum Gasteiger partial charge on any atom is -0.494 e. The monoisotopic (exact) mass is 442 g/mol. The lowest BCUT2D eigenvalue weighted by Crippen LogP contribution is -2.20. The molecule has 0 aliphatic carbocycles. The predicted octanol–water partition coefficient (Wildman–Crippen LogP) is 5.57. The minimum atomic E-state index is -0.435. The summed E-state index contributed by atoms with van der Waals surface area (Å²) in [6.07, 6.45) is 1.83. The molecule has 0 spiro atoms. The Morgan fingerprint density at radius 3 is 2.60 bits per heavy atom. The maximum atomic E-state index is 12.4. The number of carbonyl (C=O) groups is 2. The summed E-state index contributed by atoms with van der Waals surface area (Å²) in [5.41, 5.74) is 3.43. The second kappa shape index (κ2) is 9.49. The number of rotatable bonds is 5. The lowest BCUT2D eigenvalue weighted by atomic mass is 9.96. The number of amidine groups is 1. The number of aliphatic imine (C=N–C) groups is 1. The average Bonchev–Trinajstić information content (AvgIpc) is 3.03. The topological polar surface area (TPSA) is 67.8 Å². The zero-order chi connectivity index (χ0) is 21.8. The second-order valence-corrected chi connectivity index (χ2v) is 8.60. The van der Waals surface area contributed by atoms with Crippen LogP contribution in [0.3, 0.4) is 0 Å². The first-order valence-corrected chi connectivity index (χ1v) is 10.8.